The Bertz CT molecular complexity index is 1490. The molecule has 1 saturated heterocycles. The van der Waals surface area contributed by atoms with Crippen LogP contribution in [0.15, 0.2) is 52.4 Å². The number of aryl methyl sites for hydroxylation is 1. The molecular formula is C22H22N4O7S2. The number of sulfonamides is 1. The van der Waals surface area contributed by atoms with Crippen molar-refractivity contribution in [1.29, 1.82) is 0 Å². The van der Waals surface area contributed by atoms with Crippen molar-refractivity contribution in [1.82, 2.24) is 8.87 Å². The van der Waals surface area contributed by atoms with E-state index < -0.39 is 32.9 Å². The first-order valence-corrected chi connectivity index (χ1v) is 12.9. The van der Waals surface area contributed by atoms with Crippen LogP contribution in [-0.2, 0) is 30.9 Å². The van der Waals surface area contributed by atoms with Crippen LogP contribution < -0.4 is 4.80 Å². The molecule has 2 aromatic carbocycles. The molecule has 184 valence electrons. The largest absolute Gasteiger partial charge is 0.468 e. The quantitative estimate of drug-likeness (QED) is 0.277. The topological polar surface area (TPSA) is 141 Å². The van der Waals surface area contributed by atoms with Gasteiger partial charge in [0.25, 0.3) is 11.6 Å². The molecule has 0 bridgehead atoms. The molecule has 0 saturated carbocycles. The molecule has 1 aliphatic rings. The van der Waals surface area contributed by atoms with E-state index >= 15 is 0 Å². The van der Waals surface area contributed by atoms with E-state index in [2.05, 4.69) is 4.99 Å². The summed E-state index contributed by atoms with van der Waals surface area (Å²) in [4.78, 5) is 40.3. The van der Waals surface area contributed by atoms with Gasteiger partial charge < -0.3 is 9.30 Å². The molecule has 1 amide bonds. The van der Waals surface area contributed by atoms with Crippen LogP contribution in [0.1, 0.15) is 18.4 Å². The van der Waals surface area contributed by atoms with Crippen LogP contribution in [-0.4, -0.2) is 53.8 Å². The van der Waals surface area contributed by atoms with Gasteiger partial charge in [-0.1, -0.05) is 29.0 Å². The SMILES string of the molecule is COC(=O)Cn1c(=NC(=O)C2CCCN2S(=O)(=O)c2ccc(C)cc2)sc2ccc([N+](=O)[O-])cc21. The van der Waals surface area contributed by atoms with Gasteiger partial charge in [0.1, 0.15) is 12.6 Å². The number of hydrogen-bond acceptors (Lipinski definition) is 8. The number of methoxy groups -OCH3 is 1. The predicted molar refractivity (Wildman–Crippen MR) is 127 cm³/mol. The summed E-state index contributed by atoms with van der Waals surface area (Å²) in [7, 11) is -2.71. The molecule has 13 heteroatoms. The Morgan fingerprint density at radius 3 is 2.60 bits per heavy atom. The molecular weight excluding hydrogens is 496 g/mol. The number of thiazole rings is 1. The number of non-ortho nitro benzene ring substituents is 1. The van der Waals surface area contributed by atoms with Crippen LogP contribution in [0.3, 0.4) is 0 Å². The number of fused-ring (bicyclic) bond motifs is 1. The van der Waals surface area contributed by atoms with Gasteiger partial charge in [0.2, 0.25) is 10.0 Å². The third-order valence-corrected chi connectivity index (χ3v) is 8.70. The fraction of sp³-hybridized carbons (Fsp3) is 0.318. The Balaban J connectivity index is 1.75. The Hall–Kier alpha value is -3.42. The van der Waals surface area contributed by atoms with E-state index in [-0.39, 0.29) is 28.5 Å². The maximum Gasteiger partial charge on any atom is 0.325 e. The van der Waals surface area contributed by atoms with Gasteiger partial charge in [-0.25, -0.2) is 8.42 Å². The zero-order valence-corrected chi connectivity index (χ0v) is 20.5. The van der Waals surface area contributed by atoms with Crippen molar-refractivity contribution in [3.8, 4) is 0 Å². The monoisotopic (exact) mass is 518 g/mol. The fourth-order valence-corrected chi connectivity index (χ4v) is 6.56. The van der Waals surface area contributed by atoms with Crippen molar-refractivity contribution >= 4 is 49.1 Å². The van der Waals surface area contributed by atoms with E-state index in [4.69, 9.17) is 4.74 Å². The third-order valence-electron chi connectivity index (χ3n) is 5.71. The van der Waals surface area contributed by atoms with Gasteiger partial charge >= 0.3 is 5.97 Å². The second kappa shape index (κ2) is 9.68. The predicted octanol–water partition coefficient (Wildman–Crippen LogP) is 2.37. The highest BCUT2D eigenvalue weighted by Gasteiger charge is 2.39. The fourth-order valence-electron chi connectivity index (χ4n) is 3.89. The van der Waals surface area contributed by atoms with Crippen molar-refractivity contribution in [3.05, 3.63) is 62.9 Å². The van der Waals surface area contributed by atoms with Gasteiger partial charge in [-0.05, 0) is 38.0 Å². The maximum atomic E-state index is 13.2. The van der Waals surface area contributed by atoms with Crippen molar-refractivity contribution in [2.24, 2.45) is 4.99 Å². The summed E-state index contributed by atoms with van der Waals surface area (Å²) in [6.45, 7) is 1.71. The number of aromatic nitrogens is 1. The number of nitro benzene ring substituents is 1. The maximum absolute atomic E-state index is 13.2. The molecule has 1 fully saturated rings. The van der Waals surface area contributed by atoms with E-state index in [0.717, 1.165) is 21.2 Å². The first-order chi connectivity index (χ1) is 16.6. The minimum Gasteiger partial charge on any atom is -0.468 e. The number of nitro groups is 1. The zero-order valence-electron chi connectivity index (χ0n) is 18.9. The highest BCUT2D eigenvalue weighted by molar-refractivity contribution is 7.89. The number of amides is 1. The molecule has 1 aromatic heterocycles. The Labute approximate surface area is 204 Å². The number of benzene rings is 2. The molecule has 3 aromatic rings. The summed E-state index contributed by atoms with van der Waals surface area (Å²) in [5, 5.41) is 11.2. The second-order valence-corrected chi connectivity index (χ2v) is 10.9. The van der Waals surface area contributed by atoms with Gasteiger partial charge in [0.05, 0.1) is 27.1 Å². The molecule has 4 rings (SSSR count). The summed E-state index contributed by atoms with van der Waals surface area (Å²) in [6, 6.07) is 9.52. The Morgan fingerprint density at radius 1 is 1.23 bits per heavy atom. The van der Waals surface area contributed by atoms with Gasteiger partial charge in [-0.3, -0.25) is 19.7 Å². The summed E-state index contributed by atoms with van der Waals surface area (Å²) < 4.78 is 34.2. The van der Waals surface area contributed by atoms with Crippen LogP contribution in [0.4, 0.5) is 5.69 Å². The van der Waals surface area contributed by atoms with E-state index in [1.54, 1.807) is 12.1 Å². The van der Waals surface area contributed by atoms with Gasteiger partial charge in [-0.2, -0.15) is 9.30 Å². The second-order valence-electron chi connectivity index (χ2n) is 7.99. The lowest BCUT2D eigenvalue weighted by Crippen LogP contribution is -2.40. The number of carbonyl (C=O) groups excluding carboxylic acids is 2. The van der Waals surface area contributed by atoms with Crippen molar-refractivity contribution in [2.45, 2.75) is 37.2 Å². The normalized spacial score (nSPS) is 17.1. The molecule has 0 radical (unpaired) electrons. The molecule has 1 unspecified atom stereocenters. The van der Waals surface area contributed by atoms with E-state index in [1.807, 2.05) is 6.92 Å². The smallest absolute Gasteiger partial charge is 0.325 e. The number of rotatable bonds is 6. The van der Waals surface area contributed by atoms with Crippen molar-refractivity contribution < 1.29 is 27.7 Å². The van der Waals surface area contributed by atoms with Crippen molar-refractivity contribution in [3.63, 3.8) is 0 Å². The molecule has 11 nitrogen and oxygen atoms in total. The molecule has 0 aliphatic carbocycles. The van der Waals surface area contributed by atoms with Crippen LogP contribution in [0, 0.1) is 17.0 Å². The molecule has 1 aliphatic heterocycles. The lowest BCUT2D eigenvalue weighted by atomic mass is 10.2. The molecule has 35 heavy (non-hydrogen) atoms. The average Bonchev–Trinajstić information content (AvgIpc) is 3.45. The van der Waals surface area contributed by atoms with Crippen LogP contribution in [0.25, 0.3) is 10.2 Å². The number of hydrogen-bond donors (Lipinski definition) is 0. The summed E-state index contributed by atoms with van der Waals surface area (Å²) in [5.74, 6) is -1.30. The third kappa shape index (κ3) is 4.88. The Morgan fingerprint density at radius 2 is 1.94 bits per heavy atom. The Kier molecular flexibility index (Phi) is 6.83. The standard InChI is InChI=1S/C22H22N4O7S2/c1-14-5-8-16(9-6-14)35(31,32)25-11-3-4-17(25)21(28)23-22-24(13-20(27)33-2)18-12-15(26(29)30)7-10-19(18)34-22/h5-10,12,17H,3-4,11,13H2,1-2H3. The molecule has 0 spiro atoms. The zero-order chi connectivity index (χ0) is 25.3. The van der Waals surface area contributed by atoms with E-state index in [9.17, 15) is 28.1 Å². The molecule has 0 N–H and O–H groups in total. The molecule has 1 atom stereocenters. The van der Waals surface area contributed by atoms with Crippen molar-refractivity contribution in [2.75, 3.05) is 13.7 Å². The highest BCUT2D eigenvalue weighted by atomic mass is 32.2. The summed E-state index contributed by atoms with van der Waals surface area (Å²) in [5.41, 5.74) is 1.07. The molecule has 2 heterocycles. The number of esters is 1. The lowest BCUT2D eigenvalue weighted by Gasteiger charge is -2.21. The first-order valence-electron chi connectivity index (χ1n) is 10.6. The van der Waals surface area contributed by atoms with Gasteiger partial charge in [0.15, 0.2) is 4.80 Å². The van der Waals surface area contributed by atoms with Crippen LogP contribution >= 0.6 is 11.3 Å². The van der Waals surface area contributed by atoms with Gasteiger partial charge in [0, 0.05) is 18.7 Å². The highest BCUT2D eigenvalue weighted by Crippen LogP contribution is 2.28. The summed E-state index contributed by atoms with van der Waals surface area (Å²) in [6.07, 6.45) is 0.804. The first kappa shape index (κ1) is 24.7. The lowest BCUT2D eigenvalue weighted by molar-refractivity contribution is -0.384. The minimum absolute atomic E-state index is 0.0951. The number of carbonyl (C=O) groups is 2. The number of ether oxygens (including phenoxy) is 1. The van der Waals surface area contributed by atoms with Crippen LogP contribution in [0.5, 0.6) is 0 Å². The van der Waals surface area contributed by atoms with E-state index in [1.165, 1.54) is 42.0 Å². The minimum atomic E-state index is -3.91. The summed E-state index contributed by atoms with van der Waals surface area (Å²) >= 11 is 1.07. The van der Waals surface area contributed by atoms with E-state index in [0.29, 0.717) is 23.1 Å². The van der Waals surface area contributed by atoms with Gasteiger partial charge in [-0.15, -0.1) is 0 Å². The number of nitrogens with zero attached hydrogens (tertiary/aromatic N) is 4. The average molecular weight is 519 g/mol. The van der Waals surface area contributed by atoms with Crippen LogP contribution in [0.2, 0.25) is 0 Å².